The molecule has 0 bridgehead atoms. The van der Waals surface area contributed by atoms with Crippen molar-refractivity contribution in [3.63, 3.8) is 0 Å². The average Bonchev–Trinajstić information content (AvgIpc) is 2.95. The second kappa shape index (κ2) is 8.36. The quantitative estimate of drug-likeness (QED) is 0.487. The number of nitrogens with zero attached hydrogens (tertiary/aromatic N) is 3. The van der Waals surface area contributed by atoms with Crippen molar-refractivity contribution in [3.05, 3.63) is 51.9 Å². The van der Waals surface area contributed by atoms with Crippen molar-refractivity contribution >= 4 is 34.4 Å². The first-order chi connectivity index (χ1) is 13.7. The number of amides is 1. The fourth-order valence-electron chi connectivity index (χ4n) is 3.16. The van der Waals surface area contributed by atoms with Gasteiger partial charge in [-0.1, -0.05) is 25.6 Å². The van der Waals surface area contributed by atoms with Crippen molar-refractivity contribution < 1.29 is 13.6 Å². The molecule has 0 aliphatic heterocycles. The summed E-state index contributed by atoms with van der Waals surface area (Å²) in [4.78, 5) is 30.2. The predicted molar refractivity (Wildman–Crippen MR) is 110 cm³/mol. The Balaban J connectivity index is 1.99. The molecule has 0 unspecified atom stereocenters. The number of halogens is 2. The van der Waals surface area contributed by atoms with E-state index in [2.05, 4.69) is 10.3 Å². The summed E-state index contributed by atoms with van der Waals surface area (Å²) in [5.74, 6) is -1.88. The highest BCUT2D eigenvalue weighted by Crippen LogP contribution is 2.20. The van der Waals surface area contributed by atoms with Crippen molar-refractivity contribution in [2.24, 2.45) is 5.92 Å². The molecule has 0 fully saturated rings. The van der Waals surface area contributed by atoms with Gasteiger partial charge in [-0.2, -0.15) is 0 Å². The molecule has 0 atom stereocenters. The summed E-state index contributed by atoms with van der Waals surface area (Å²) >= 11 is 1.39. The van der Waals surface area contributed by atoms with Crippen LogP contribution in [0.1, 0.15) is 19.5 Å². The third-order valence-corrected chi connectivity index (χ3v) is 5.09. The maximum absolute atomic E-state index is 13.8. The number of nitrogens with one attached hydrogen (secondary N) is 1. The van der Waals surface area contributed by atoms with Gasteiger partial charge in [0.1, 0.15) is 23.7 Å². The zero-order valence-corrected chi connectivity index (χ0v) is 17.4. The minimum atomic E-state index is -0.863. The highest BCUT2D eigenvalue weighted by atomic mass is 32.2. The van der Waals surface area contributed by atoms with Crippen molar-refractivity contribution in [1.82, 2.24) is 14.1 Å². The number of carbonyl (C=O) groups is 1. The summed E-state index contributed by atoms with van der Waals surface area (Å²) in [6.45, 7) is 6.11. The molecule has 6 nitrogen and oxygen atoms in total. The van der Waals surface area contributed by atoms with Gasteiger partial charge >= 0.3 is 0 Å². The van der Waals surface area contributed by atoms with Gasteiger partial charge in [-0.3, -0.25) is 14.2 Å². The van der Waals surface area contributed by atoms with Gasteiger partial charge in [0.2, 0.25) is 5.91 Å². The molecule has 3 rings (SSSR count). The molecular weight excluding hydrogens is 398 g/mol. The SMILES string of the molecule is CSc1nc2cc(C)n(CC(=O)Nc3ccc(F)cc3F)c2c(=O)n1CC(C)C. The van der Waals surface area contributed by atoms with E-state index in [0.29, 0.717) is 34.5 Å². The van der Waals surface area contributed by atoms with Crippen LogP contribution in [0.4, 0.5) is 14.5 Å². The Morgan fingerprint density at radius 1 is 1.24 bits per heavy atom. The van der Waals surface area contributed by atoms with Gasteiger partial charge in [-0.05, 0) is 37.3 Å². The first-order valence-corrected chi connectivity index (χ1v) is 10.3. The summed E-state index contributed by atoms with van der Waals surface area (Å²) in [5.41, 5.74) is 1.19. The standard InChI is InChI=1S/C20H22F2N4O2S/c1-11(2)9-26-19(28)18-16(24-20(26)29-4)7-12(3)25(18)10-17(27)23-15-6-5-13(21)8-14(15)22/h5-8,11H,9-10H2,1-4H3,(H,23,27). The van der Waals surface area contributed by atoms with Crippen LogP contribution in [0.25, 0.3) is 11.0 Å². The Bertz CT molecular complexity index is 1140. The molecular formula is C20H22F2N4O2S. The normalized spacial score (nSPS) is 11.4. The first-order valence-electron chi connectivity index (χ1n) is 9.10. The molecule has 2 aromatic heterocycles. The maximum atomic E-state index is 13.8. The number of anilines is 1. The van der Waals surface area contributed by atoms with Crippen LogP contribution in [0.5, 0.6) is 0 Å². The van der Waals surface area contributed by atoms with Gasteiger partial charge in [0.05, 0.1) is 11.2 Å². The predicted octanol–water partition coefficient (Wildman–Crippen LogP) is 3.80. The average molecular weight is 420 g/mol. The summed E-state index contributed by atoms with van der Waals surface area (Å²) in [6.07, 6.45) is 1.86. The molecule has 9 heteroatoms. The van der Waals surface area contributed by atoms with Crippen LogP contribution in [0.15, 0.2) is 34.2 Å². The number of carbonyl (C=O) groups excluding carboxylic acids is 1. The van der Waals surface area contributed by atoms with E-state index in [4.69, 9.17) is 0 Å². The van der Waals surface area contributed by atoms with Crippen LogP contribution in [0, 0.1) is 24.5 Å². The summed E-state index contributed by atoms with van der Waals surface area (Å²) in [5, 5.41) is 3.04. The Kier molecular flexibility index (Phi) is 6.07. The fraction of sp³-hybridized carbons (Fsp3) is 0.350. The van der Waals surface area contributed by atoms with Gasteiger partial charge < -0.3 is 9.88 Å². The lowest BCUT2D eigenvalue weighted by atomic mass is 10.2. The minimum absolute atomic E-state index is 0.120. The van der Waals surface area contributed by atoms with Crippen LogP contribution in [0.2, 0.25) is 0 Å². The van der Waals surface area contributed by atoms with Gasteiger partial charge in [0.25, 0.3) is 5.56 Å². The zero-order chi connectivity index (χ0) is 21.3. The number of aryl methyl sites for hydroxylation is 1. The van der Waals surface area contributed by atoms with Crippen molar-refractivity contribution in [1.29, 1.82) is 0 Å². The monoisotopic (exact) mass is 420 g/mol. The topological polar surface area (TPSA) is 68.9 Å². The highest BCUT2D eigenvalue weighted by Gasteiger charge is 2.19. The van der Waals surface area contributed by atoms with Crippen LogP contribution < -0.4 is 10.9 Å². The number of rotatable bonds is 6. The molecule has 0 saturated heterocycles. The Labute approximate surface area is 170 Å². The van der Waals surface area contributed by atoms with Gasteiger partial charge in [0, 0.05) is 18.3 Å². The fourth-order valence-corrected chi connectivity index (χ4v) is 3.72. The molecule has 29 heavy (non-hydrogen) atoms. The molecule has 0 saturated carbocycles. The number of benzene rings is 1. The second-order valence-electron chi connectivity index (χ2n) is 7.19. The lowest BCUT2D eigenvalue weighted by Gasteiger charge is -2.14. The molecule has 0 spiro atoms. The van der Waals surface area contributed by atoms with Gasteiger partial charge in [0.15, 0.2) is 5.16 Å². The molecule has 0 aliphatic carbocycles. The van der Waals surface area contributed by atoms with Gasteiger partial charge in [-0.15, -0.1) is 0 Å². The van der Waals surface area contributed by atoms with E-state index in [1.807, 2.05) is 20.1 Å². The molecule has 0 radical (unpaired) electrons. The molecule has 0 aliphatic rings. The van der Waals surface area contributed by atoms with Crippen molar-refractivity contribution in [2.45, 2.75) is 39.0 Å². The zero-order valence-electron chi connectivity index (χ0n) is 16.6. The van der Waals surface area contributed by atoms with Crippen molar-refractivity contribution in [2.75, 3.05) is 11.6 Å². The lowest BCUT2D eigenvalue weighted by Crippen LogP contribution is -2.28. The van der Waals surface area contributed by atoms with Gasteiger partial charge in [-0.25, -0.2) is 13.8 Å². The highest BCUT2D eigenvalue weighted by molar-refractivity contribution is 7.98. The third-order valence-electron chi connectivity index (χ3n) is 4.42. The Morgan fingerprint density at radius 3 is 2.59 bits per heavy atom. The van der Waals surface area contributed by atoms with E-state index in [1.165, 1.54) is 11.8 Å². The Morgan fingerprint density at radius 2 is 1.97 bits per heavy atom. The molecule has 154 valence electrons. The molecule has 3 aromatic rings. The van der Waals surface area contributed by atoms with E-state index < -0.39 is 17.5 Å². The van der Waals surface area contributed by atoms with E-state index in [9.17, 15) is 18.4 Å². The maximum Gasteiger partial charge on any atom is 0.278 e. The smallest absolute Gasteiger partial charge is 0.278 e. The number of thioether (sulfide) groups is 1. The second-order valence-corrected chi connectivity index (χ2v) is 7.96. The van der Waals surface area contributed by atoms with E-state index in [0.717, 1.165) is 12.1 Å². The van der Waals surface area contributed by atoms with Crippen LogP contribution >= 0.6 is 11.8 Å². The minimum Gasteiger partial charge on any atom is -0.330 e. The van der Waals surface area contributed by atoms with E-state index >= 15 is 0 Å². The van der Waals surface area contributed by atoms with E-state index in [1.54, 1.807) is 22.1 Å². The number of hydrogen-bond acceptors (Lipinski definition) is 4. The Hall–Kier alpha value is -2.68. The van der Waals surface area contributed by atoms with Crippen molar-refractivity contribution in [3.8, 4) is 0 Å². The molecule has 1 N–H and O–H groups in total. The van der Waals surface area contributed by atoms with Crippen LogP contribution in [-0.2, 0) is 17.9 Å². The molecule has 1 amide bonds. The van der Waals surface area contributed by atoms with E-state index in [-0.39, 0.29) is 23.7 Å². The van der Waals surface area contributed by atoms with Crippen LogP contribution in [-0.4, -0.2) is 26.3 Å². The summed E-state index contributed by atoms with van der Waals surface area (Å²) in [6, 6.07) is 4.67. The number of hydrogen-bond donors (Lipinski definition) is 1. The van der Waals surface area contributed by atoms with Crippen LogP contribution in [0.3, 0.4) is 0 Å². The third kappa shape index (κ3) is 4.34. The molecule has 2 heterocycles. The first kappa shape index (κ1) is 21.0. The molecule has 1 aromatic carbocycles. The largest absolute Gasteiger partial charge is 0.330 e. The summed E-state index contributed by atoms with van der Waals surface area (Å²) in [7, 11) is 0. The summed E-state index contributed by atoms with van der Waals surface area (Å²) < 4.78 is 30.1. The number of aromatic nitrogens is 3. The lowest BCUT2D eigenvalue weighted by molar-refractivity contribution is -0.116. The number of fused-ring (bicyclic) bond motifs is 1.